The number of thioether (sulfide) groups is 1. The molecule has 0 bridgehead atoms. The van der Waals surface area contributed by atoms with Gasteiger partial charge in [-0.05, 0) is 26.7 Å². The minimum Gasteiger partial charge on any atom is -0.271 e. The second-order valence-electron chi connectivity index (χ2n) is 5.47. The Morgan fingerprint density at radius 2 is 2.20 bits per heavy atom. The van der Waals surface area contributed by atoms with Crippen LogP contribution in [0.2, 0.25) is 5.02 Å². The third kappa shape index (κ3) is 3.91. The quantitative estimate of drug-likeness (QED) is 0.600. The number of rotatable bonds is 7. The van der Waals surface area contributed by atoms with Gasteiger partial charge in [-0.3, -0.25) is 16.0 Å². The molecule has 0 aliphatic heterocycles. The molecule has 1 heterocycles. The zero-order valence-corrected chi connectivity index (χ0v) is 13.9. The second kappa shape index (κ2) is 7.69. The van der Waals surface area contributed by atoms with Gasteiger partial charge in [0.15, 0.2) is 0 Å². The van der Waals surface area contributed by atoms with E-state index in [1.165, 1.54) is 25.7 Å². The highest BCUT2D eigenvalue weighted by Gasteiger charge is 2.20. The summed E-state index contributed by atoms with van der Waals surface area (Å²) in [7, 11) is 0. The third-order valence-corrected chi connectivity index (χ3v) is 5.99. The van der Waals surface area contributed by atoms with Crippen LogP contribution in [0, 0.1) is 6.92 Å². The van der Waals surface area contributed by atoms with E-state index in [0.29, 0.717) is 0 Å². The maximum atomic E-state index is 6.36. The molecule has 1 aromatic rings. The van der Waals surface area contributed by atoms with E-state index < -0.39 is 0 Å². The fourth-order valence-electron chi connectivity index (χ4n) is 2.77. The largest absolute Gasteiger partial charge is 0.271 e. The van der Waals surface area contributed by atoms with Crippen molar-refractivity contribution < 1.29 is 0 Å². The van der Waals surface area contributed by atoms with Gasteiger partial charge in [0.2, 0.25) is 0 Å². The standard InChI is InChI=1S/C14H25ClN4S/c1-3-19-13(14(15)10(2)18-19)8-11(17-16)9-20-12-6-4-5-7-12/h11-12,17H,3-9,16H2,1-2H3. The Morgan fingerprint density at radius 3 is 2.80 bits per heavy atom. The number of nitrogens with two attached hydrogens (primary N) is 1. The van der Waals surface area contributed by atoms with E-state index >= 15 is 0 Å². The zero-order chi connectivity index (χ0) is 14.5. The minimum atomic E-state index is 0.250. The lowest BCUT2D eigenvalue weighted by Gasteiger charge is -2.18. The molecule has 0 aromatic carbocycles. The Bertz CT molecular complexity index is 429. The fraction of sp³-hybridized carbons (Fsp3) is 0.786. The molecule has 1 unspecified atom stereocenters. The lowest BCUT2D eigenvalue weighted by molar-refractivity contribution is 0.534. The van der Waals surface area contributed by atoms with Crippen molar-refractivity contribution in [1.29, 1.82) is 0 Å². The molecule has 1 saturated carbocycles. The summed E-state index contributed by atoms with van der Waals surface area (Å²) in [4.78, 5) is 0. The Balaban J connectivity index is 1.95. The van der Waals surface area contributed by atoms with Gasteiger partial charge in [0, 0.05) is 30.0 Å². The maximum absolute atomic E-state index is 6.36. The first kappa shape index (κ1) is 16.1. The first-order chi connectivity index (χ1) is 9.65. The Hall–Kier alpha value is -0.230. The molecule has 1 aliphatic rings. The topological polar surface area (TPSA) is 55.9 Å². The average Bonchev–Trinajstić information content (AvgIpc) is 3.06. The van der Waals surface area contributed by atoms with Crippen molar-refractivity contribution in [2.45, 2.75) is 63.8 Å². The Labute approximate surface area is 130 Å². The van der Waals surface area contributed by atoms with Crippen molar-refractivity contribution in [3.05, 3.63) is 16.4 Å². The van der Waals surface area contributed by atoms with E-state index in [9.17, 15) is 0 Å². The van der Waals surface area contributed by atoms with Crippen LogP contribution in [0.25, 0.3) is 0 Å². The van der Waals surface area contributed by atoms with Gasteiger partial charge in [-0.25, -0.2) is 0 Å². The average molecular weight is 317 g/mol. The van der Waals surface area contributed by atoms with Gasteiger partial charge >= 0.3 is 0 Å². The number of nitrogens with one attached hydrogen (secondary N) is 1. The van der Waals surface area contributed by atoms with Crippen molar-refractivity contribution >= 4 is 23.4 Å². The molecule has 114 valence electrons. The number of hydrogen-bond donors (Lipinski definition) is 2. The van der Waals surface area contributed by atoms with Gasteiger partial charge in [0.25, 0.3) is 0 Å². The summed E-state index contributed by atoms with van der Waals surface area (Å²) in [6.07, 6.45) is 6.31. The van der Waals surface area contributed by atoms with Crippen LogP contribution in [0.5, 0.6) is 0 Å². The highest BCUT2D eigenvalue weighted by Crippen LogP contribution is 2.30. The second-order valence-corrected chi connectivity index (χ2v) is 7.18. The smallest absolute Gasteiger partial charge is 0.0847 e. The Morgan fingerprint density at radius 1 is 1.50 bits per heavy atom. The highest BCUT2D eigenvalue weighted by atomic mass is 35.5. The molecule has 1 aliphatic carbocycles. The van der Waals surface area contributed by atoms with Gasteiger partial charge in [-0.15, -0.1) is 0 Å². The molecule has 0 radical (unpaired) electrons. The van der Waals surface area contributed by atoms with Crippen LogP contribution in [0.3, 0.4) is 0 Å². The SMILES string of the molecule is CCn1nc(C)c(Cl)c1CC(CSC1CCCC1)NN. The molecule has 0 spiro atoms. The molecule has 0 saturated heterocycles. The number of aryl methyl sites for hydroxylation is 2. The van der Waals surface area contributed by atoms with E-state index in [0.717, 1.165) is 40.4 Å². The van der Waals surface area contributed by atoms with Crippen LogP contribution in [0.4, 0.5) is 0 Å². The van der Waals surface area contributed by atoms with Gasteiger partial charge in [-0.2, -0.15) is 16.9 Å². The summed E-state index contributed by atoms with van der Waals surface area (Å²) in [6.45, 7) is 4.89. The monoisotopic (exact) mass is 316 g/mol. The first-order valence-electron chi connectivity index (χ1n) is 7.45. The minimum absolute atomic E-state index is 0.250. The van der Waals surface area contributed by atoms with Gasteiger partial charge < -0.3 is 0 Å². The van der Waals surface area contributed by atoms with Crippen molar-refractivity contribution in [2.75, 3.05) is 5.75 Å². The van der Waals surface area contributed by atoms with Crippen molar-refractivity contribution in [3.63, 3.8) is 0 Å². The lowest BCUT2D eigenvalue weighted by Crippen LogP contribution is -2.39. The molecule has 1 fully saturated rings. The summed E-state index contributed by atoms with van der Waals surface area (Å²) in [5, 5.41) is 6.07. The van der Waals surface area contributed by atoms with E-state index in [-0.39, 0.29) is 6.04 Å². The molecule has 4 nitrogen and oxygen atoms in total. The van der Waals surface area contributed by atoms with Crippen LogP contribution in [-0.4, -0.2) is 26.8 Å². The number of halogens is 1. The van der Waals surface area contributed by atoms with Crippen LogP contribution in [0.15, 0.2) is 0 Å². The van der Waals surface area contributed by atoms with E-state index in [1.807, 2.05) is 23.4 Å². The molecular formula is C14H25ClN4S. The van der Waals surface area contributed by atoms with E-state index in [4.69, 9.17) is 17.4 Å². The first-order valence-corrected chi connectivity index (χ1v) is 8.87. The van der Waals surface area contributed by atoms with Gasteiger partial charge in [-0.1, -0.05) is 24.4 Å². The predicted octanol–water partition coefficient (Wildman–Crippen LogP) is 2.92. The summed E-state index contributed by atoms with van der Waals surface area (Å²) in [5.74, 6) is 6.75. The zero-order valence-electron chi connectivity index (χ0n) is 12.4. The van der Waals surface area contributed by atoms with Gasteiger partial charge in [0.1, 0.15) is 0 Å². The number of nitrogens with zero attached hydrogens (tertiary/aromatic N) is 2. The summed E-state index contributed by atoms with van der Waals surface area (Å²) < 4.78 is 1.99. The van der Waals surface area contributed by atoms with Crippen LogP contribution < -0.4 is 11.3 Å². The molecule has 2 rings (SSSR count). The molecule has 3 N–H and O–H groups in total. The summed E-state index contributed by atoms with van der Waals surface area (Å²) >= 11 is 8.41. The highest BCUT2D eigenvalue weighted by molar-refractivity contribution is 7.99. The number of aromatic nitrogens is 2. The van der Waals surface area contributed by atoms with Crippen LogP contribution >= 0.6 is 23.4 Å². The fourth-order valence-corrected chi connectivity index (χ4v) is 4.37. The predicted molar refractivity (Wildman–Crippen MR) is 87.2 cm³/mol. The van der Waals surface area contributed by atoms with E-state index in [2.05, 4.69) is 17.4 Å². The molecular weight excluding hydrogens is 292 g/mol. The third-order valence-electron chi connectivity index (χ3n) is 3.96. The van der Waals surface area contributed by atoms with Crippen LogP contribution in [-0.2, 0) is 13.0 Å². The molecule has 1 atom stereocenters. The van der Waals surface area contributed by atoms with E-state index in [1.54, 1.807) is 0 Å². The lowest BCUT2D eigenvalue weighted by atomic mass is 10.2. The molecule has 20 heavy (non-hydrogen) atoms. The maximum Gasteiger partial charge on any atom is 0.0847 e. The van der Waals surface area contributed by atoms with Crippen molar-refractivity contribution in [3.8, 4) is 0 Å². The van der Waals surface area contributed by atoms with Crippen LogP contribution in [0.1, 0.15) is 44.0 Å². The van der Waals surface area contributed by atoms with Gasteiger partial charge in [0.05, 0.1) is 16.4 Å². The van der Waals surface area contributed by atoms with Crippen molar-refractivity contribution in [1.82, 2.24) is 15.2 Å². The number of hydrazine groups is 1. The Kier molecular flexibility index (Phi) is 6.20. The molecule has 6 heteroatoms. The number of hydrogen-bond acceptors (Lipinski definition) is 4. The summed E-state index contributed by atoms with van der Waals surface area (Å²) in [5.41, 5.74) is 4.95. The molecule has 1 aromatic heterocycles. The summed E-state index contributed by atoms with van der Waals surface area (Å²) in [6, 6.07) is 0.250. The normalized spacial score (nSPS) is 17.8. The van der Waals surface area contributed by atoms with Crippen molar-refractivity contribution in [2.24, 2.45) is 5.84 Å². The molecule has 0 amide bonds.